The maximum absolute atomic E-state index is 13.7. The van der Waals surface area contributed by atoms with Crippen LogP contribution >= 0.6 is 0 Å². The van der Waals surface area contributed by atoms with Crippen LogP contribution < -0.4 is 0 Å². The smallest absolute Gasteiger partial charge is 0.162 e. The van der Waals surface area contributed by atoms with Gasteiger partial charge in [0.05, 0.1) is 18.8 Å². The minimum atomic E-state index is -0.373. The molecular formula is C28H37N3O3. The number of rotatable bonds is 5. The van der Waals surface area contributed by atoms with Crippen molar-refractivity contribution in [3.8, 4) is 6.07 Å². The Hall–Kier alpha value is -1.71. The van der Waals surface area contributed by atoms with E-state index in [2.05, 4.69) is 18.1 Å². The Morgan fingerprint density at radius 1 is 1.21 bits per heavy atom. The van der Waals surface area contributed by atoms with Crippen LogP contribution in [0.2, 0.25) is 0 Å². The van der Waals surface area contributed by atoms with Gasteiger partial charge in [0, 0.05) is 24.6 Å². The van der Waals surface area contributed by atoms with E-state index < -0.39 is 0 Å². The number of ether oxygens (including phenoxy) is 1. The molecule has 6 aliphatic carbocycles. The predicted molar refractivity (Wildman–Crippen MR) is 124 cm³/mol. The van der Waals surface area contributed by atoms with Gasteiger partial charge in [-0.15, -0.1) is 0 Å². The Bertz CT molecular complexity index is 1080. The van der Waals surface area contributed by atoms with Crippen LogP contribution in [0.3, 0.4) is 0 Å². The van der Waals surface area contributed by atoms with Gasteiger partial charge in [-0.3, -0.25) is 9.48 Å². The Morgan fingerprint density at radius 2 is 2.06 bits per heavy atom. The van der Waals surface area contributed by atoms with E-state index in [1.165, 1.54) is 25.7 Å². The number of carbonyl (C=O) groups is 1. The van der Waals surface area contributed by atoms with Gasteiger partial charge < -0.3 is 9.84 Å². The van der Waals surface area contributed by atoms with Crippen molar-refractivity contribution in [3.63, 3.8) is 0 Å². The van der Waals surface area contributed by atoms with Crippen LogP contribution in [0.15, 0.2) is 12.3 Å². The zero-order valence-corrected chi connectivity index (χ0v) is 20.4. The molecule has 6 fully saturated rings. The van der Waals surface area contributed by atoms with Crippen LogP contribution in [0.4, 0.5) is 0 Å². The normalized spacial score (nSPS) is 51.8. The third-order valence-electron chi connectivity index (χ3n) is 12.0. The lowest BCUT2D eigenvalue weighted by atomic mass is 9.43. The molecule has 34 heavy (non-hydrogen) atoms. The van der Waals surface area contributed by atoms with E-state index in [9.17, 15) is 9.90 Å². The highest BCUT2D eigenvalue weighted by atomic mass is 16.5. The summed E-state index contributed by atoms with van der Waals surface area (Å²) in [5.41, 5.74) is 0.320. The Morgan fingerprint density at radius 3 is 2.82 bits per heavy atom. The van der Waals surface area contributed by atoms with Crippen molar-refractivity contribution in [3.05, 3.63) is 18.0 Å². The molecule has 1 heterocycles. The summed E-state index contributed by atoms with van der Waals surface area (Å²) in [4.78, 5) is 13.7. The minimum absolute atomic E-state index is 0.0904. The number of hydrogen-bond acceptors (Lipinski definition) is 5. The van der Waals surface area contributed by atoms with Gasteiger partial charge in [0.15, 0.2) is 11.5 Å². The number of Topliss-reactive ketones (excluding diaryl/α,β-unsaturated/α-hetero) is 1. The first kappa shape index (κ1) is 21.6. The van der Waals surface area contributed by atoms with Gasteiger partial charge in [-0.2, -0.15) is 10.4 Å². The number of nitrogens with zero attached hydrogens (tertiary/aromatic N) is 3. The quantitative estimate of drug-likeness (QED) is 0.717. The Balaban J connectivity index is 1.17. The van der Waals surface area contributed by atoms with E-state index in [1.807, 2.05) is 7.11 Å². The van der Waals surface area contributed by atoms with Crippen LogP contribution in [0.25, 0.3) is 0 Å². The number of hydrogen-bond donors (Lipinski definition) is 1. The van der Waals surface area contributed by atoms with E-state index in [0.717, 1.165) is 32.3 Å². The van der Waals surface area contributed by atoms with Crippen molar-refractivity contribution in [2.45, 2.75) is 70.4 Å². The van der Waals surface area contributed by atoms with Crippen LogP contribution in [-0.4, -0.2) is 40.0 Å². The number of carbonyl (C=O) groups excluding carboxylic acids is 1. The Labute approximate surface area is 202 Å². The molecule has 0 saturated heterocycles. The largest absolute Gasteiger partial charge is 0.390 e. The van der Waals surface area contributed by atoms with Crippen molar-refractivity contribution in [1.29, 1.82) is 5.26 Å². The molecule has 0 aromatic carbocycles. The van der Waals surface area contributed by atoms with Crippen molar-refractivity contribution < 1.29 is 14.6 Å². The third-order valence-corrected chi connectivity index (χ3v) is 12.0. The van der Waals surface area contributed by atoms with Crippen molar-refractivity contribution >= 4 is 5.78 Å². The topological polar surface area (TPSA) is 88.1 Å². The lowest BCUT2D eigenvalue weighted by Gasteiger charge is -2.62. The van der Waals surface area contributed by atoms with Gasteiger partial charge in [0.25, 0.3) is 0 Å². The van der Waals surface area contributed by atoms with Gasteiger partial charge in [-0.05, 0) is 104 Å². The molecule has 0 radical (unpaired) electrons. The standard InChI is InChI=1S/C28H37N3O3/c1-26-7-5-20-17(3-4-21-22-12-28(22,33)9-8-27(20,21)15-34-2)24(26)18-11-19(18)25(26)23(32)14-31-10-6-16(13-29)30-31/h6,10,17-22,24-25,33H,3-5,7-9,11-12,14-15H2,1-2H3/t17-,18+,19?,20+,21-,22?,24-,25?,26+,27+,28+/m1/s1. The maximum Gasteiger partial charge on any atom is 0.162 e. The van der Waals surface area contributed by atoms with E-state index in [4.69, 9.17) is 10.00 Å². The van der Waals surface area contributed by atoms with E-state index in [1.54, 1.807) is 16.9 Å². The van der Waals surface area contributed by atoms with Crippen molar-refractivity contribution in [2.24, 2.45) is 58.2 Å². The maximum atomic E-state index is 13.7. The second kappa shape index (κ2) is 6.95. The van der Waals surface area contributed by atoms with E-state index >= 15 is 0 Å². The fourth-order valence-corrected chi connectivity index (χ4v) is 10.8. The van der Waals surface area contributed by atoms with Crippen molar-refractivity contribution in [1.82, 2.24) is 9.78 Å². The molecule has 0 aliphatic heterocycles. The summed E-state index contributed by atoms with van der Waals surface area (Å²) >= 11 is 0. The molecule has 6 saturated carbocycles. The molecule has 11 atom stereocenters. The highest BCUT2D eigenvalue weighted by Crippen LogP contribution is 2.77. The van der Waals surface area contributed by atoms with Crippen LogP contribution in [0, 0.1) is 69.5 Å². The molecule has 1 N–H and O–H groups in total. The predicted octanol–water partition coefficient (Wildman–Crippen LogP) is 3.83. The average Bonchev–Trinajstić information content (AvgIpc) is 3.64. The second-order valence-corrected chi connectivity index (χ2v) is 13.1. The third kappa shape index (κ3) is 2.69. The van der Waals surface area contributed by atoms with Crippen molar-refractivity contribution in [2.75, 3.05) is 13.7 Å². The number of aliphatic hydroxyl groups is 1. The first-order valence-electron chi connectivity index (χ1n) is 13.5. The molecular weight excluding hydrogens is 426 g/mol. The zero-order valence-electron chi connectivity index (χ0n) is 20.4. The van der Waals surface area contributed by atoms with E-state index in [0.29, 0.717) is 59.4 Å². The zero-order chi connectivity index (χ0) is 23.5. The fourth-order valence-electron chi connectivity index (χ4n) is 10.8. The number of aromatic nitrogens is 2. The highest BCUT2D eigenvalue weighted by molar-refractivity contribution is 5.83. The molecule has 7 rings (SSSR count). The average molecular weight is 464 g/mol. The summed E-state index contributed by atoms with van der Waals surface area (Å²) in [6.45, 7) is 3.57. The second-order valence-electron chi connectivity index (χ2n) is 13.1. The molecule has 182 valence electrons. The Kier molecular flexibility index (Phi) is 4.41. The molecule has 0 amide bonds. The number of nitriles is 1. The van der Waals surface area contributed by atoms with Gasteiger partial charge >= 0.3 is 0 Å². The summed E-state index contributed by atoms with van der Waals surface area (Å²) in [7, 11) is 1.87. The fraction of sp³-hybridized carbons (Fsp3) is 0.821. The lowest BCUT2D eigenvalue weighted by Crippen LogP contribution is -2.58. The van der Waals surface area contributed by atoms with Gasteiger partial charge in [0.2, 0.25) is 0 Å². The summed E-state index contributed by atoms with van der Waals surface area (Å²) in [6.07, 6.45) is 10.9. The first-order valence-corrected chi connectivity index (χ1v) is 13.5. The minimum Gasteiger partial charge on any atom is -0.390 e. The van der Waals surface area contributed by atoms with Crippen LogP contribution in [0.5, 0.6) is 0 Å². The summed E-state index contributed by atoms with van der Waals surface area (Å²) in [5, 5.41) is 24.3. The molecule has 6 nitrogen and oxygen atoms in total. The molecule has 0 bridgehead atoms. The summed E-state index contributed by atoms with van der Waals surface area (Å²) < 4.78 is 7.60. The monoisotopic (exact) mass is 463 g/mol. The highest BCUT2D eigenvalue weighted by Gasteiger charge is 2.74. The van der Waals surface area contributed by atoms with E-state index in [-0.39, 0.29) is 22.3 Å². The van der Waals surface area contributed by atoms with Crippen LogP contribution in [-0.2, 0) is 16.1 Å². The number of ketones is 1. The molecule has 1 aromatic rings. The number of methoxy groups -OCH3 is 1. The molecule has 0 spiro atoms. The number of fused-ring (bicyclic) bond motifs is 9. The van der Waals surface area contributed by atoms with Gasteiger partial charge in [-0.1, -0.05) is 6.92 Å². The van der Waals surface area contributed by atoms with Gasteiger partial charge in [-0.25, -0.2) is 0 Å². The molecule has 6 heteroatoms. The summed E-state index contributed by atoms with van der Waals surface area (Å²) in [6, 6.07) is 3.76. The molecule has 1 aromatic heterocycles. The van der Waals surface area contributed by atoms with Crippen LogP contribution in [0.1, 0.15) is 64.0 Å². The molecule has 3 unspecified atom stereocenters. The lowest BCUT2D eigenvalue weighted by molar-refractivity contribution is -0.168. The molecule has 6 aliphatic rings. The summed E-state index contributed by atoms with van der Waals surface area (Å²) in [5.74, 6) is 4.82. The van der Waals surface area contributed by atoms with Gasteiger partial charge in [0.1, 0.15) is 6.07 Å². The SMILES string of the molecule is COC[C@]12CC[C@]3(O)CC3[C@H]1CC[C@H]1[C@@H]3[C@H]4CC4C(C(=O)Cn4ccc(C#N)n4)[C@@]3(C)CC[C@@H]12. The first-order chi connectivity index (χ1) is 16.3.